The molecular weight excluding hydrogens is 379 g/mol. The van der Waals surface area contributed by atoms with Crippen molar-refractivity contribution >= 4 is 18.1 Å². The Labute approximate surface area is 173 Å². The molecule has 0 saturated heterocycles. The van der Waals surface area contributed by atoms with E-state index in [9.17, 15) is 4.39 Å². The van der Waals surface area contributed by atoms with E-state index in [-0.39, 0.29) is 18.2 Å². The summed E-state index contributed by atoms with van der Waals surface area (Å²) in [6.07, 6.45) is 5.27. The fourth-order valence-corrected chi connectivity index (χ4v) is 3.37. The van der Waals surface area contributed by atoms with Gasteiger partial charge in [0.1, 0.15) is 23.9 Å². The number of halogens is 2. The maximum absolute atomic E-state index is 13.7. The first-order valence-corrected chi connectivity index (χ1v) is 9.79. The van der Waals surface area contributed by atoms with Crippen molar-refractivity contribution in [1.82, 2.24) is 5.32 Å². The summed E-state index contributed by atoms with van der Waals surface area (Å²) in [6.45, 7) is 3.17. The van der Waals surface area contributed by atoms with E-state index in [1.54, 1.807) is 13.2 Å². The van der Waals surface area contributed by atoms with Crippen molar-refractivity contribution in [3.63, 3.8) is 0 Å². The Hall–Kier alpha value is -1.98. The summed E-state index contributed by atoms with van der Waals surface area (Å²) >= 11 is 0. The minimum Gasteiger partial charge on any atom is -0.497 e. The molecule has 6 heteroatoms. The van der Waals surface area contributed by atoms with Crippen LogP contribution in [0.25, 0.3) is 0 Å². The highest BCUT2D eigenvalue weighted by Gasteiger charge is 2.15. The van der Waals surface area contributed by atoms with Crippen molar-refractivity contribution in [2.75, 3.05) is 38.7 Å². The van der Waals surface area contributed by atoms with Crippen molar-refractivity contribution in [3.05, 3.63) is 53.3 Å². The number of aryl methyl sites for hydroxylation is 2. The van der Waals surface area contributed by atoms with Gasteiger partial charge < -0.3 is 20.1 Å². The number of hydrogen-bond acceptors (Lipinski definition) is 4. The Morgan fingerprint density at radius 2 is 1.93 bits per heavy atom. The zero-order valence-corrected chi connectivity index (χ0v) is 17.2. The van der Waals surface area contributed by atoms with Crippen molar-refractivity contribution in [3.8, 4) is 11.5 Å². The molecule has 28 heavy (non-hydrogen) atoms. The number of ether oxygens (including phenoxy) is 2. The van der Waals surface area contributed by atoms with Crippen molar-refractivity contribution in [2.45, 2.75) is 32.1 Å². The van der Waals surface area contributed by atoms with Gasteiger partial charge in [0.05, 0.1) is 12.8 Å². The summed E-state index contributed by atoms with van der Waals surface area (Å²) in [6, 6.07) is 11.3. The van der Waals surface area contributed by atoms with E-state index < -0.39 is 0 Å². The van der Waals surface area contributed by atoms with Crippen LogP contribution in [0.2, 0.25) is 0 Å². The smallest absolute Gasteiger partial charge is 0.145 e. The van der Waals surface area contributed by atoms with Crippen LogP contribution in [0.1, 0.15) is 30.4 Å². The molecule has 4 nitrogen and oxygen atoms in total. The largest absolute Gasteiger partial charge is 0.497 e. The third-order valence-corrected chi connectivity index (χ3v) is 4.84. The number of nitrogens with one attached hydrogen (secondary N) is 2. The Kier molecular flexibility index (Phi) is 9.38. The van der Waals surface area contributed by atoms with Gasteiger partial charge in [-0.15, -0.1) is 12.4 Å². The van der Waals surface area contributed by atoms with Crippen LogP contribution in [0.4, 0.5) is 10.1 Å². The molecular formula is C22H30ClFN2O2. The minimum atomic E-state index is -0.223. The van der Waals surface area contributed by atoms with Crippen LogP contribution in [-0.4, -0.2) is 33.4 Å². The second-order valence-corrected chi connectivity index (χ2v) is 6.87. The highest BCUT2D eigenvalue weighted by molar-refractivity contribution is 5.85. The number of anilines is 1. The first-order chi connectivity index (χ1) is 13.3. The summed E-state index contributed by atoms with van der Waals surface area (Å²) in [7, 11) is 1.68. The van der Waals surface area contributed by atoms with E-state index >= 15 is 0 Å². The van der Waals surface area contributed by atoms with E-state index in [0.717, 1.165) is 68.7 Å². The summed E-state index contributed by atoms with van der Waals surface area (Å²) in [5.41, 5.74) is 3.31. The number of rotatable bonds is 10. The summed E-state index contributed by atoms with van der Waals surface area (Å²) in [5, 5.41) is 6.73. The highest BCUT2D eigenvalue weighted by Crippen LogP contribution is 2.33. The average Bonchev–Trinajstić information content (AvgIpc) is 2.70. The standard InChI is InChI=1S/C22H29FN2O2.ClH/c1-26-20-9-7-17(8-10-20)5-2-3-11-24-13-14-27-21-16-19(23)15-18-6-4-12-25-22(18)21;/h7-10,15-16,24-25H,2-6,11-14H2,1H3;1H. The number of fused-ring (bicyclic) bond motifs is 1. The SMILES string of the molecule is COc1ccc(CCCCNCCOc2cc(F)cc3c2NCCC3)cc1.Cl. The Morgan fingerprint density at radius 1 is 1.11 bits per heavy atom. The lowest BCUT2D eigenvalue weighted by molar-refractivity contribution is 0.313. The normalized spacial score (nSPS) is 12.5. The third-order valence-electron chi connectivity index (χ3n) is 4.84. The number of benzene rings is 2. The van der Waals surface area contributed by atoms with Crippen LogP contribution in [0.15, 0.2) is 36.4 Å². The van der Waals surface area contributed by atoms with E-state index in [4.69, 9.17) is 9.47 Å². The maximum Gasteiger partial charge on any atom is 0.145 e. The fourth-order valence-electron chi connectivity index (χ4n) is 3.37. The highest BCUT2D eigenvalue weighted by atomic mass is 35.5. The molecule has 0 unspecified atom stereocenters. The predicted octanol–water partition coefficient (Wildman–Crippen LogP) is 4.61. The molecule has 0 aliphatic carbocycles. The van der Waals surface area contributed by atoms with Crippen molar-refractivity contribution < 1.29 is 13.9 Å². The summed E-state index contributed by atoms with van der Waals surface area (Å²) in [5.74, 6) is 1.31. The molecule has 0 amide bonds. The van der Waals surface area contributed by atoms with E-state index in [1.165, 1.54) is 11.6 Å². The summed E-state index contributed by atoms with van der Waals surface area (Å²) < 4.78 is 24.7. The molecule has 0 fully saturated rings. The zero-order valence-electron chi connectivity index (χ0n) is 16.4. The molecule has 2 N–H and O–H groups in total. The number of methoxy groups -OCH3 is 1. The van der Waals surface area contributed by atoms with Gasteiger partial charge in [-0.25, -0.2) is 4.39 Å². The van der Waals surface area contributed by atoms with E-state index in [2.05, 4.69) is 22.8 Å². The molecule has 0 saturated carbocycles. The van der Waals surface area contributed by atoms with E-state index in [1.807, 2.05) is 12.1 Å². The van der Waals surface area contributed by atoms with Crippen LogP contribution in [-0.2, 0) is 12.8 Å². The lowest BCUT2D eigenvalue weighted by Crippen LogP contribution is -2.23. The van der Waals surface area contributed by atoms with Gasteiger partial charge in [0.2, 0.25) is 0 Å². The minimum absolute atomic E-state index is 0. The van der Waals surface area contributed by atoms with Crippen LogP contribution in [0.5, 0.6) is 11.5 Å². The second-order valence-electron chi connectivity index (χ2n) is 6.87. The Bertz CT molecular complexity index is 725. The van der Waals surface area contributed by atoms with Crippen LogP contribution < -0.4 is 20.1 Å². The molecule has 1 heterocycles. The molecule has 0 atom stereocenters. The van der Waals surface area contributed by atoms with Crippen LogP contribution in [0.3, 0.4) is 0 Å². The molecule has 0 aromatic heterocycles. The Balaban J connectivity index is 0.00000280. The number of hydrogen-bond donors (Lipinski definition) is 2. The molecule has 1 aliphatic heterocycles. The molecule has 154 valence electrons. The first kappa shape index (κ1) is 22.3. The molecule has 1 aliphatic rings. The lowest BCUT2D eigenvalue weighted by Gasteiger charge is -2.21. The topological polar surface area (TPSA) is 42.5 Å². The van der Waals surface area contributed by atoms with Crippen molar-refractivity contribution in [2.24, 2.45) is 0 Å². The van der Waals surface area contributed by atoms with E-state index in [0.29, 0.717) is 12.4 Å². The second kappa shape index (κ2) is 11.8. The average molecular weight is 409 g/mol. The molecule has 0 bridgehead atoms. The molecule has 0 spiro atoms. The monoisotopic (exact) mass is 408 g/mol. The van der Waals surface area contributed by atoms with Gasteiger partial charge in [-0.2, -0.15) is 0 Å². The quantitative estimate of drug-likeness (QED) is 0.563. The van der Waals surface area contributed by atoms with Crippen molar-refractivity contribution in [1.29, 1.82) is 0 Å². The van der Waals surface area contributed by atoms with Gasteiger partial charge in [-0.3, -0.25) is 0 Å². The van der Waals surface area contributed by atoms with Crippen LogP contribution in [0, 0.1) is 5.82 Å². The maximum atomic E-state index is 13.7. The van der Waals surface area contributed by atoms with Gasteiger partial charge in [0.25, 0.3) is 0 Å². The fraction of sp³-hybridized carbons (Fsp3) is 0.455. The van der Waals surface area contributed by atoms with Crippen LogP contribution >= 0.6 is 12.4 Å². The Morgan fingerprint density at radius 3 is 2.71 bits per heavy atom. The molecule has 3 rings (SSSR count). The molecule has 0 radical (unpaired) electrons. The lowest BCUT2D eigenvalue weighted by atomic mass is 10.0. The molecule has 2 aromatic carbocycles. The first-order valence-electron chi connectivity index (χ1n) is 9.79. The van der Waals surface area contributed by atoms with Gasteiger partial charge in [0.15, 0.2) is 0 Å². The third kappa shape index (κ3) is 6.57. The predicted molar refractivity (Wildman–Crippen MR) is 115 cm³/mol. The zero-order chi connectivity index (χ0) is 18.9. The van der Waals surface area contributed by atoms with Gasteiger partial charge in [-0.05, 0) is 68.0 Å². The summed E-state index contributed by atoms with van der Waals surface area (Å²) in [4.78, 5) is 0. The van der Waals surface area contributed by atoms with Gasteiger partial charge in [0, 0.05) is 19.2 Å². The van der Waals surface area contributed by atoms with Gasteiger partial charge >= 0.3 is 0 Å². The number of unbranched alkanes of at least 4 members (excludes halogenated alkanes) is 1. The van der Waals surface area contributed by atoms with Gasteiger partial charge in [-0.1, -0.05) is 12.1 Å². The molecule has 2 aromatic rings.